The molecule has 2 heterocycles. The molecular weight excluding hydrogens is 396 g/mol. The van der Waals surface area contributed by atoms with E-state index in [0.29, 0.717) is 13.0 Å². The molecule has 1 aromatic rings. The van der Waals surface area contributed by atoms with Crippen LogP contribution in [0.5, 0.6) is 0 Å². The highest BCUT2D eigenvalue weighted by Gasteiger charge is 2.50. The minimum absolute atomic E-state index is 0.00692. The second kappa shape index (κ2) is 10.3. The third-order valence-electron chi connectivity index (χ3n) is 4.51. The van der Waals surface area contributed by atoms with Gasteiger partial charge < -0.3 is 29.9 Å². The molecule has 0 spiro atoms. The Bertz CT molecular complexity index is 759. The summed E-state index contributed by atoms with van der Waals surface area (Å²) in [6.07, 6.45) is 1.68. The first-order chi connectivity index (χ1) is 14.2. The summed E-state index contributed by atoms with van der Waals surface area (Å²) in [5, 5.41) is 11.0. The second-order valence-corrected chi connectivity index (χ2v) is 7.72. The highest BCUT2D eigenvalue weighted by molar-refractivity contribution is 5.98. The van der Waals surface area contributed by atoms with Crippen LogP contribution in [-0.4, -0.2) is 73.2 Å². The van der Waals surface area contributed by atoms with Gasteiger partial charge in [-0.25, -0.2) is 0 Å². The van der Waals surface area contributed by atoms with E-state index in [4.69, 9.17) is 9.47 Å². The number of ether oxygens (including phenoxy) is 2. The minimum Gasteiger partial charge on any atom is -0.382 e. The summed E-state index contributed by atoms with van der Waals surface area (Å²) in [6, 6.07) is -0.400. The van der Waals surface area contributed by atoms with E-state index in [1.54, 1.807) is 6.92 Å². The summed E-state index contributed by atoms with van der Waals surface area (Å²) in [5.41, 5.74) is -0.849. The average Bonchev–Trinajstić information content (AvgIpc) is 3.20. The van der Waals surface area contributed by atoms with Crippen LogP contribution in [-0.2, 0) is 23.9 Å². The Hall–Kier alpha value is -2.79. The van der Waals surface area contributed by atoms with Gasteiger partial charge in [0, 0.05) is 13.2 Å². The molecule has 3 amide bonds. The molecule has 1 saturated heterocycles. The summed E-state index contributed by atoms with van der Waals surface area (Å²) in [7, 11) is 1.37. The number of ketones is 1. The first kappa shape index (κ1) is 23.5. The zero-order chi connectivity index (χ0) is 22.3. The van der Waals surface area contributed by atoms with Crippen molar-refractivity contribution in [3.05, 3.63) is 18.0 Å². The number of carbonyl (C=O) groups excluding carboxylic acids is 4. The van der Waals surface area contributed by atoms with E-state index in [9.17, 15) is 19.2 Å². The number of Topliss-reactive ketones (excluding diaryl/α,β-unsaturated/α-hetero) is 1. The summed E-state index contributed by atoms with van der Waals surface area (Å²) >= 11 is 0. The Morgan fingerprint density at radius 2 is 1.93 bits per heavy atom. The molecule has 0 bridgehead atoms. The number of aromatic nitrogens is 1. The number of carbonyl (C=O) groups is 4. The van der Waals surface area contributed by atoms with Crippen LogP contribution in [0.2, 0.25) is 0 Å². The number of hydrogen-bond donors (Lipinski definition) is 3. The van der Waals surface area contributed by atoms with Gasteiger partial charge in [0.1, 0.15) is 17.9 Å². The van der Waals surface area contributed by atoms with Crippen LogP contribution in [0.4, 0.5) is 0 Å². The number of hydrogen-bond acceptors (Lipinski definition) is 8. The van der Waals surface area contributed by atoms with E-state index in [0.717, 1.165) is 0 Å². The molecule has 11 heteroatoms. The van der Waals surface area contributed by atoms with Gasteiger partial charge in [0.05, 0.1) is 25.8 Å². The van der Waals surface area contributed by atoms with E-state index in [2.05, 4.69) is 25.6 Å². The van der Waals surface area contributed by atoms with Crippen molar-refractivity contribution in [1.82, 2.24) is 21.1 Å². The van der Waals surface area contributed by atoms with E-state index in [1.165, 1.54) is 19.4 Å². The van der Waals surface area contributed by atoms with Gasteiger partial charge in [0.15, 0.2) is 11.5 Å². The van der Waals surface area contributed by atoms with Crippen molar-refractivity contribution >= 4 is 23.5 Å². The second-order valence-electron chi connectivity index (χ2n) is 7.72. The Labute approximate surface area is 174 Å². The Balaban J connectivity index is 1.89. The van der Waals surface area contributed by atoms with Crippen molar-refractivity contribution in [2.45, 2.75) is 44.9 Å². The molecule has 2 rings (SSSR count). The van der Waals surface area contributed by atoms with Gasteiger partial charge in [-0.1, -0.05) is 19.0 Å². The SMILES string of the molecule is COC[C@H](NC(=O)c1ccon1)C(=O)NCC(=O)N[C@@H](CC(C)C)C(=O)C1(C)CO1. The number of methoxy groups -OCH3 is 1. The lowest BCUT2D eigenvalue weighted by atomic mass is 9.93. The number of rotatable bonds is 12. The topological polar surface area (TPSA) is 152 Å². The van der Waals surface area contributed by atoms with Gasteiger partial charge in [0.2, 0.25) is 11.8 Å². The van der Waals surface area contributed by atoms with Crippen LogP contribution < -0.4 is 16.0 Å². The zero-order valence-electron chi connectivity index (χ0n) is 17.5. The van der Waals surface area contributed by atoms with Crippen molar-refractivity contribution in [2.24, 2.45) is 5.92 Å². The third kappa shape index (κ3) is 6.63. The minimum atomic E-state index is -1.04. The maximum Gasteiger partial charge on any atom is 0.274 e. The fourth-order valence-corrected chi connectivity index (χ4v) is 2.77. The zero-order valence-corrected chi connectivity index (χ0v) is 17.5. The molecule has 0 radical (unpaired) electrons. The molecule has 1 unspecified atom stereocenters. The fourth-order valence-electron chi connectivity index (χ4n) is 2.77. The van der Waals surface area contributed by atoms with Crippen molar-refractivity contribution in [3.63, 3.8) is 0 Å². The van der Waals surface area contributed by atoms with Gasteiger partial charge >= 0.3 is 0 Å². The van der Waals surface area contributed by atoms with Crippen molar-refractivity contribution in [3.8, 4) is 0 Å². The normalized spacial score (nSPS) is 19.6. The Kier molecular flexibility index (Phi) is 8.07. The number of amides is 3. The number of nitrogens with zero attached hydrogens (tertiary/aromatic N) is 1. The lowest BCUT2D eigenvalue weighted by Crippen LogP contribution is -2.53. The first-order valence-electron chi connectivity index (χ1n) is 9.61. The van der Waals surface area contributed by atoms with Crippen LogP contribution >= 0.6 is 0 Å². The highest BCUT2D eigenvalue weighted by atomic mass is 16.6. The quantitative estimate of drug-likeness (QED) is 0.377. The molecule has 0 saturated carbocycles. The molecule has 1 fully saturated rings. The molecule has 30 heavy (non-hydrogen) atoms. The van der Waals surface area contributed by atoms with Crippen molar-refractivity contribution < 1.29 is 33.2 Å². The van der Waals surface area contributed by atoms with Crippen molar-refractivity contribution in [2.75, 3.05) is 26.9 Å². The monoisotopic (exact) mass is 424 g/mol. The number of nitrogens with one attached hydrogen (secondary N) is 3. The van der Waals surface area contributed by atoms with Crippen LogP contribution in [0, 0.1) is 5.92 Å². The van der Waals surface area contributed by atoms with Crippen LogP contribution in [0.3, 0.4) is 0 Å². The van der Waals surface area contributed by atoms with Crippen LogP contribution in [0.15, 0.2) is 16.9 Å². The highest BCUT2D eigenvalue weighted by Crippen LogP contribution is 2.29. The molecule has 11 nitrogen and oxygen atoms in total. The fraction of sp³-hybridized carbons (Fsp3) is 0.632. The molecule has 3 N–H and O–H groups in total. The predicted octanol–water partition coefficient (Wildman–Crippen LogP) is -0.575. The largest absolute Gasteiger partial charge is 0.382 e. The summed E-state index contributed by atoms with van der Waals surface area (Å²) < 4.78 is 14.7. The van der Waals surface area contributed by atoms with Crippen LogP contribution in [0.1, 0.15) is 37.7 Å². The van der Waals surface area contributed by atoms with Crippen LogP contribution in [0.25, 0.3) is 0 Å². The third-order valence-corrected chi connectivity index (χ3v) is 4.51. The summed E-state index contributed by atoms with van der Waals surface area (Å²) in [5.74, 6) is -1.77. The predicted molar refractivity (Wildman–Crippen MR) is 103 cm³/mol. The summed E-state index contributed by atoms with van der Waals surface area (Å²) in [4.78, 5) is 49.3. The number of epoxide rings is 1. The lowest BCUT2D eigenvalue weighted by Gasteiger charge is -2.22. The molecule has 3 atom stereocenters. The molecule has 1 aliphatic rings. The van der Waals surface area contributed by atoms with Gasteiger partial charge in [-0.2, -0.15) is 0 Å². The van der Waals surface area contributed by atoms with E-state index < -0.39 is 35.4 Å². The Morgan fingerprint density at radius 1 is 1.23 bits per heavy atom. The van der Waals surface area contributed by atoms with E-state index in [-0.39, 0.29) is 30.5 Å². The molecule has 0 aliphatic carbocycles. The van der Waals surface area contributed by atoms with Gasteiger partial charge in [-0.15, -0.1) is 0 Å². The maximum absolute atomic E-state index is 12.6. The average molecular weight is 424 g/mol. The molecule has 1 aliphatic heterocycles. The Morgan fingerprint density at radius 3 is 2.47 bits per heavy atom. The smallest absolute Gasteiger partial charge is 0.274 e. The lowest BCUT2D eigenvalue weighted by molar-refractivity contribution is -0.131. The molecule has 0 aromatic carbocycles. The van der Waals surface area contributed by atoms with Crippen molar-refractivity contribution in [1.29, 1.82) is 0 Å². The van der Waals surface area contributed by atoms with Gasteiger partial charge in [0.25, 0.3) is 5.91 Å². The van der Waals surface area contributed by atoms with Gasteiger partial charge in [-0.3, -0.25) is 19.2 Å². The molecular formula is C19H28N4O7. The summed E-state index contributed by atoms with van der Waals surface area (Å²) in [6.45, 7) is 5.42. The molecule has 166 valence electrons. The first-order valence-corrected chi connectivity index (χ1v) is 9.61. The van der Waals surface area contributed by atoms with E-state index in [1.807, 2.05) is 13.8 Å². The van der Waals surface area contributed by atoms with Gasteiger partial charge in [-0.05, 0) is 19.3 Å². The standard InChI is InChI=1S/C19H28N4O7/c1-11(2)7-13(16(25)19(3)10-29-19)21-15(24)8-20-17(26)14(9-28-4)22-18(27)12-5-6-30-23-12/h5-6,11,13-14H,7-10H2,1-4H3,(H,20,26)(H,21,24)(H,22,27)/t13-,14-,19?/m0/s1. The maximum atomic E-state index is 12.6. The molecule has 1 aromatic heterocycles. The van der Waals surface area contributed by atoms with E-state index >= 15 is 0 Å².